The van der Waals surface area contributed by atoms with Gasteiger partial charge in [0.15, 0.2) is 5.13 Å². The van der Waals surface area contributed by atoms with E-state index >= 15 is 0 Å². The molecule has 0 saturated carbocycles. The number of nitrogen functional groups attached to an aromatic ring is 1. The van der Waals surface area contributed by atoms with E-state index in [4.69, 9.17) is 10.5 Å². The Hall–Kier alpha value is -1.96. The number of amides is 1. The Labute approximate surface area is 145 Å². The summed E-state index contributed by atoms with van der Waals surface area (Å²) in [6, 6.07) is 6.90. The molecule has 0 radical (unpaired) electrons. The summed E-state index contributed by atoms with van der Waals surface area (Å²) in [5.41, 5.74) is 7.77. The number of hydrogen-bond donors (Lipinski definition) is 2. The highest BCUT2D eigenvalue weighted by Crippen LogP contribution is 2.20. The van der Waals surface area contributed by atoms with Gasteiger partial charge >= 0.3 is 0 Å². The molecule has 7 heteroatoms. The molecule has 1 saturated heterocycles. The van der Waals surface area contributed by atoms with Gasteiger partial charge in [-0.25, -0.2) is 4.98 Å². The van der Waals surface area contributed by atoms with Crippen molar-refractivity contribution in [2.45, 2.75) is 32.6 Å². The van der Waals surface area contributed by atoms with Crippen molar-refractivity contribution in [3.63, 3.8) is 0 Å². The summed E-state index contributed by atoms with van der Waals surface area (Å²) in [4.78, 5) is 19.1. The summed E-state index contributed by atoms with van der Waals surface area (Å²) in [6.07, 6.45) is 0.463. The lowest BCUT2D eigenvalue weighted by molar-refractivity contribution is -0.0707. The first-order chi connectivity index (χ1) is 11.5. The monoisotopic (exact) mass is 346 g/mol. The number of benzene rings is 1. The smallest absolute Gasteiger partial charge is 0.257 e. The summed E-state index contributed by atoms with van der Waals surface area (Å²) < 4.78 is 5.74. The molecule has 1 fully saturated rings. The predicted octanol–water partition coefficient (Wildman–Crippen LogP) is 2.59. The van der Waals surface area contributed by atoms with Gasteiger partial charge in [0.1, 0.15) is 0 Å². The number of hydrogen-bond acceptors (Lipinski definition) is 6. The maximum atomic E-state index is 12.2. The van der Waals surface area contributed by atoms with Crippen LogP contribution in [0.1, 0.15) is 29.9 Å². The molecular formula is C17H22N4O2S. The van der Waals surface area contributed by atoms with Crippen molar-refractivity contribution >= 4 is 28.1 Å². The summed E-state index contributed by atoms with van der Waals surface area (Å²) >= 11 is 1.43. The van der Waals surface area contributed by atoms with Crippen molar-refractivity contribution in [2.75, 3.05) is 24.1 Å². The van der Waals surface area contributed by atoms with Gasteiger partial charge in [0.2, 0.25) is 0 Å². The Kier molecular flexibility index (Phi) is 5.13. The predicted molar refractivity (Wildman–Crippen MR) is 96.2 cm³/mol. The fourth-order valence-corrected chi connectivity index (χ4v) is 3.63. The lowest BCUT2D eigenvalue weighted by Gasteiger charge is -2.34. The molecule has 0 spiro atoms. The van der Waals surface area contributed by atoms with Crippen LogP contribution in [-0.4, -0.2) is 41.1 Å². The highest BCUT2D eigenvalue weighted by molar-refractivity contribution is 7.13. The van der Waals surface area contributed by atoms with Crippen LogP contribution >= 0.6 is 11.3 Å². The molecule has 1 amide bonds. The van der Waals surface area contributed by atoms with Crippen LogP contribution < -0.4 is 11.1 Å². The van der Waals surface area contributed by atoms with Gasteiger partial charge < -0.3 is 10.5 Å². The van der Waals surface area contributed by atoms with Gasteiger partial charge in [0.25, 0.3) is 5.91 Å². The van der Waals surface area contributed by atoms with Crippen LogP contribution in [0, 0.1) is 0 Å². The van der Waals surface area contributed by atoms with E-state index in [1.165, 1.54) is 11.3 Å². The van der Waals surface area contributed by atoms with Crippen LogP contribution in [0.3, 0.4) is 0 Å². The number of thiazole rings is 1. The number of morpholine rings is 1. The van der Waals surface area contributed by atoms with E-state index in [2.05, 4.69) is 29.0 Å². The van der Waals surface area contributed by atoms with Crippen molar-refractivity contribution in [3.8, 4) is 0 Å². The van der Waals surface area contributed by atoms with Crippen LogP contribution in [-0.2, 0) is 11.3 Å². The third-order valence-electron chi connectivity index (χ3n) is 3.80. The van der Waals surface area contributed by atoms with Crippen molar-refractivity contribution < 1.29 is 9.53 Å². The summed E-state index contributed by atoms with van der Waals surface area (Å²) in [5, 5.41) is 5.42. The average Bonchev–Trinajstić information content (AvgIpc) is 2.93. The number of carbonyl (C=O) groups excluding carboxylic acids is 1. The van der Waals surface area contributed by atoms with Gasteiger partial charge in [0, 0.05) is 36.3 Å². The number of nitrogens with two attached hydrogens (primary N) is 1. The van der Waals surface area contributed by atoms with Crippen LogP contribution in [0.4, 0.5) is 10.8 Å². The molecule has 2 aromatic rings. The second-order valence-corrected chi connectivity index (χ2v) is 7.03. The molecule has 2 unspecified atom stereocenters. The SMILES string of the molecule is CC1CN(Cc2csc(NC(=O)c3cccc(N)c3)n2)CC(C)O1. The van der Waals surface area contributed by atoms with Crippen molar-refractivity contribution in [1.29, 1.82) is 0 Å². The quantitative estimate of drug-likeness (QED) is 0.832. The fourth-order valence-electron chi connectivity index (χ4n) is 2.93. The Morgan fingerprint density at radius 1 is 1.42 bits per heavy atom. The number of ether oxygens (including phenoxy) is 1. The zero-order valence-corrected chi connectivity index (χ0v) is 14.7. The summed E-state index contributed by atoms with van der Waals surface area (Å²) in [6.45, 7) is 6.73. The molecule has 3 rings (SSSR count). The molecule has 0 bridgehead atoms. The van der Waals surface area contributed by atoms with Gasteiger partial charge in [-0.2, -0.15) is 0 Å². The van der Waals surface area contributed by atoms with E-state index < -0.39 is 0 Å². The van der Waals surface area contributed by atoms with Gasteiger partial charge in [-0.3, -0.25) is 15.0 Å². The average molecular weight is 346 g/mol. The maximum Gasteiger partial charge on any atom is 0.257 e. The molecule has 1 aliphatic heterocycles. The minimum atomic E-state index is -0.197. The zero-order chi connectivity index (χ0) is 17.1. The Balaban J connectivity index is 1.60. The third kappa shape index (κ3) is 4.31. The highest BCUT2D eigenvalue weighted by Gasteiger charge is 2.22. The van der Waals surface area contributed by atoms with Crippen LogP contribution in [0.15, 0.2) is 29.6 Å². The van der Waals surface area contributed by atoms with E-state index in [0.29, 0.717) is 16.4 Å². The normalized spacial score (nSPS) is 21.6. The summed E-state index contributed by atoms with van der Waals surface area (Å²) in [5.74, 6) is -0.197. The van der Waals surface area contributed by atoms with Gasteiger partial charge in [0.05, 0.1) is 17.9 Å². The first-order valence-corrected chi connectivity index (χ1v) is 8.86. The third-order valence-corrected chi connectivity index (χ3v) is 4.61. The number of nitrogens with zero attached hydrogens (tertiary/aromatic N) is 2. The Morgan fingerprint density at radius 2 is 2.17 bits per heavy atom. The molecule has 1 aromatic carbocycles. The second-order valence-electron chi connectivity index (χ2n) is 6.17. The van der Waals surface area contributed by atoms with E-state index in [-0.39, 0.29) is 18.1 Å². The fraction of sp³-hybridized carbons (Fsp3) is 0.412. The van der Waals surface area contributed by atoms with Crippen molar-refractivity contribution in [2.24, 2.45) is 0 Å². The number of aromatic nitrogens is 1. The molecule has 0 aliphatic carbocycles. The van der Waals surface area contributed by atoms with Crippen molar-refractivity contribution in [3.05, 3.63) is 40.9 Å². The lowest BCUT2D eigenvalue weighted by atomic mass is 10.2. The number of rotatable bonds is 4. The maximum absolute atomic E-state index is 12.2. The number of nitrogens with one attached hydrogen (secondary N) is 1. The van der Waals surface area contributed by atoms with Gasteiger partial charge in [-0.15, -0.1) is 11.3 Å². The molecule has 2 atom stereocenters. The summed E-state index contributed by atoms with van der Waals surface area (Å²) in [7, 11) is 0. The molecular weight excluding hydrogens is 324 g/mol. The lowest BCUT2D eigenvalue weighted by Crippen LogP contribution is -2.44. The van der Waals surface area contributed by atoms with Crippen molar-refractivity contribution in [1.82, 2.24) is 9.88 Å². The molecule has 2 heterocycles. The molecule has 1 aromatic heterocycles. The first-order valence-electron chi connectivity index (χ1n) is 7.98. The highest BCUT2D eigenvalue weighted by atomic mass is 32.1. The Morgan fingerprint density at radius 3 is 2.88 bits per heavy atom. The van der Waals surface area contributed by atoms with Crippen LogP contribution in [0.25, 0.3) is 0 Å². The van der Waals surface area contributed by atoms with Crippen LogP contribution in [0.5, 0.6) is 0 Å². The van der Waals surface area contributed by atoms with E-state index in [1.807, 2.05) is 5.38 Å². The molecule has 3 N–H and O–H groups in total. The standard InChI is InChI=1S/C17H22N4O2S/c1-11-7-21(8-12(2)23-11)9-15-10-24-17(19-15)20-16(22)13-4-3-5-14(18)6-13/h3-6,10-12H,7-9,18H2,1-2H3,(H,19,20,22). The van der Waals surface area contributed by atoms with E-state index in [9.17, 15) is 4.79 Å². The zero-order valence-electron chi connectivity index (χ0n) is 13.9. The van der Waals surface area contributed by atoms with E-state index in [1.54, 1.807) is 24.3 Å². The number of carbonyl (C=O) groups is 1. The first kappa shape index (κ1) is 16.9. The largest absolute Gasteiger partial charge is 0.399 e. The molecule has 128 valence electrons. The van der Waals surface area contributed by atoms with E-state index in [0.717, 1.165) is 25.3 Å². The van der Waals surface area contributed by atoms with Gasteiger partial charge in [-0.1, -0.05) is 6.07 Å². The van der Waals surface area contributed by atoms with Crippen LogP contribution in [0.2, 0.25) is 0 Å². The molecule has 24 heavy (non-hydrogen) atoms. The number of anilines is 2. The minimum Gasteiger partial charge on any atom is -0.399 e. The molecule has 1 aliphatic rings. The molecule has 6 nitrogen and oxygen atoms in total. The topological polar surface area (TPSA) is 80.5 Å². The second kappa shape index (κ2) is 7.29. The van der Waals surface area contributed by atoms with Gasteiger partial charge in [-0.05, 0) is 32.0 Å². The minimum absolute atomic E-state index is 0.197. The Bertz CT molecular complexity index is 708.